The molecule has 0 aromatic rings. The van der Waals surface area contributed by atoms with E-state index in [9.17, 15) is 0 Å². The lowest BCUT2D eigenvalue weighted by molar-refractivity contribution is 0.386. The van der Waals surface area contributed by atoms with Crippen molar-refractivity contribution < 1.29 is 0 Å². The number of nitrogens with one attached hydrogen (secondary N) is 2. The summed E-state index contributed by atoms with van der Waals surface area (Å²) in [6.07, 6.45) is 4.04. The lowest BCUT2D eigenvalue weighted by atomic mass is 9.98. The van der Waals surface area contributed by atoms with Crippen molar-refractivity contribution >= 4 is 0 Å². The van der Waals surface area contributed by atoms with Gasteiger partial charge in [-0.05, 0) is 50.7 Å². The smallest absolute Gasteiger partial charge is 0.00796 e. The zero-order chi connectivity index (χ0) is 10.4. The highest BCUT2D eigenvalue weighted by molar-refractivity contribution is 4.74. The van der Waals surface area contributed by atoms with E-state index in [1.54, 1.807) is 0 Å². The molecule has 0 aromatic carbocycles. The van der Waals surface area contributed by atoms with Crippen LogP contribution in [0.25, 0.3) is 0 Å². The summed E-state index contributed by atoms with van der Waals surface area (Å²) in [5.41, 5.74) is 0. The van der Waals surface area contributed by atoms with Crippen LogP contribution in [0, 0.1) is 11.8 Å². The minimum absolute atomic E-state index is 0.789. The van der Waals surface area contributed by atoms with Crippen LogP contribution in [0.5, 0.6) is 0 Å². The van der Waals surface area contributed by atoms with Gasteiger partial charge >= 0.3 is 0 Å². The molecule has 1 aliphatic heterocycles. The summed E-state index contributed by atoms with van der Waals surface area (Å²) in [5.74, 6) is 1.60. The monoisotopic (exact) mass is 198 g/mol. The van der Waals surface area contributed by atoms with E-state index in [1.165, 1.54) is 38.9 Å². The Morgan fingerprint density at radius 2 is 2.14 bits per heavy atom. The van der Waals surface area contributed by atoms with Gasteiger partial charge in [0.1, 0.15) is 0 Å². The van der Waals surface area contributed by atoms with Gasteiger partial charge in [0.2, 0.25) is 0 Å². The van der Waals surface area contributed by atoms with Crippen LogP contribution in [0.3, 0.4) is 0 Å². The molecule has 0 spiro atoms. The minimum Gasteiger partial charge on any atom is -0.316 e. The summed E-state index contributed by atoms with van der Waals surface area (Å²) in [4.78, 5) is 0. The van der Waals surface area contributed by atoms with Gasteiger partial charge in [-0.2, -0.15) is 0 Å². The Bertz CT molecular complexity index is 135. The maximum absolute atomic E-state index is 3.55. The molecule has 0 radical (unpaired) electrons. The Hall–Kier alpha value is -0.0800. The number of hydrogen-bond donors (Lipinski definition) is 2. The molecule has 0 amide bonds. The van der Waals surface area contributed by atoms with Gasteiger partial charge in [0, 0.05) is 6.04 Å². The molecule has 0 bridgehead atoms. The molecule has 1 heterocycles. The topological polar surface area (TPSA) is 24.1 Å². The van der Waals surface area contributed by atoms with Crippen LogP contribution < -0.4 is 10.6 Å². The Kier molecular flexibility index (Phi) is 5.49. The molecule has 2 heteroatoms. The molecule has 0 aliphatic carbocycles. The van der Waals surface area contributed by atoms with Gasteiger partial charge in [-0.15, -0.1) is 0 Å². The van der Waals surface area contributed by atoms with E-state index in [-0.39, 0.29) is 0 Å². The van der Waals surface area contributed by atoms with Gasteiger partial charge in [0.05, 0.1) is 0 Å². The third-order valence-electron chi connectivity index (χ3n) is 3.44. The van der Waals surface area contributed by atoms with Crippen molar-refractivity contribution in [3.63, 3.8) is 0 Å². The van der Waals surface area contributed by atoms with Crippen LogP contribution in [0.15, 0.2) is 0 Å². The maximum atomic E-state index is 3.55. The van der Waals surface area contributed by atoms with Gasteiger partial charge in [0.15, 0.2) is 0 Å². The van der Waals surface area contributed by atoms with Crippen molar-refractivity contribution in [3.8, 4) is 0 Å². The molecule has 0 saturated carbocycles. The Morgan fingerprint density at radius 1 is 1.36 bits per heavy atom. The van der Waals surface area contributed by atoms with Crippen molar-refractivity contribution in [1.29, 1.82) is 0 Å². The van der Waals surface area contributed by atoms with Crippen LogP contribution in [-0.4, -0.2) is 25.7 Å². The molecule has 1 aliphatic rings. The fraction of sp³-hybridized carbons (Fsp3) is 1.00. The first kappa shape index (κ1) is 12.0. The lowest BCUT2D eigenvalue weighted by Crippen LogP contribution is -2.30. The van der Waals surface area contributed by atoms with Crippen LogP contribution >= 0.6 is 0 Å². The molecular weight excluding hydrogens is 172 g/mol. The van der Waals surface area contributed by atoms with Gasteiger partial charge in [-0.1, -0.05) is 20.8 Å². The van der Waals surface area contributed by atoms with Gasteiger partial charge in [0.25, 0.3) is 0 Å². The van der Waals surface area contributed by atoms with Crippen molar-refractivity contribution in [2.75, 3.05) is 19.6 Å². The molecule has 84 valence electrons. The van der Waals surface area contributed by atoms with Crippen molar-refractivity contribution in [2.24, 2.45) is 11.8 Å². The van der Waals surface area contributed by atoms with Crippen molar-refractivity contribution in [1.82, 2.24) is 10.6 Å². The van der Waals surface area contributed by atoms with E-state index < -0.39 is 0 Å². The van der Waals surface area contributed by atoms with Crippen LogP contribution in [-0.2, 0) is 0 Å². The quantitative estimate of drug-likeness (QED) is 0.638. The van der Waals surface area contributed by atoms with Crippen LogP contribution in [0.1, 0.15) is 40.0 Å². The van der Waals surface area contributed by atoms with E-state index in [1.807, 2.05) is 0 Å². The summed E-state index contributed by atoms with van der Waals surface area (Å²) in [7, 11) is 0. The first-order valence-electron chi connectivity index (χ1n) is 6.14. The normalized spacial score (nSPS) is 24.4. The first-order valence-corrected chi connectivity index (χ1v) is 6.14. The minimum atomic E-state index is 0.789. The second-order valence-corrected chi connectivity index (χ2v) is 5.01. The van der Waals surface area contributed by atoms with Gasteiger partial charge in [-0.3, -0.25) is 0 Å². The van der Waals surface area contributed by atoms with Crippen LogP contribution in [0.2, 0.25) is 0 Å². The Balaban J connectivity index is 1.93. The van der Waals surface area contributed by atoms with Crippen molar-refractivity contribution in [2.45, 2.75) is 46.1 Å². The summed E-state index contributed by atoms with van der Waals surface area (Å²) in [5, 5.41) is 7.08. The highest BCUT2D eigenvalue weighted by Crippen LogP contribution is 2.09. The Labute approximate surface area is 88.8 Å². The molecule has 2 unspecified atom stereocenters. The van der Waals surface area contributed by atoms with E-state index in [4.69, 9.17) is 0 Å². The SMILES string of the molecule is CC(C)C(C)CNCCC1CCCN1. The van der Waals surface area contributed by atoms with Crippen molar-refractivity contribution in [3.05, 3.63) is 0 Å². The average molecular weight is 198 g/mol. The standard InChI is InChI=1S/C12H26N2/c1-10(2)11(3)9-13-8-6-12-5-4-7-14-12/h10-14H,4-9H2,1-3H3. The number of rotatable bonds is 6. The summed E-state index contributed by atoms with van der Waals surface area (Å²) >= 11 is 0. The lowest BCUT2D eigenvalue weighted by Gasteiger charge is -2.17. The van der Waals surface area contributed by atoms with E-state index in [2.05, 4.69) is 31.4 Å². The molecule has 14 heavy (non-hydrogen) atoms. The molecule has 1 fully saturated rings. The molecule has 0 aromatic heterocycles. The van der Waals surface area contributed by atoms with E-state index >= 15 is 0 Å². The fourth-order valence-corrected chi connectivity index (χ4v) is 1.84. The average Bonchev–Trinajstić information content (AvgIpc) is 2.64. The molecule has 2 nitrogen and oxygen atoms in total. The fourth-order valence-electron chi connectivity index (χ4n) is 1.84. The second kappa shape index (κ2) is 6.41. The Morgan fingerprint density at radius 3 is 2.71 bits per heavy atom. The highest BCUT2D eigenvalue weighted by Gasteiger charge is 2.13. The summed E-state index contributed by atoms with van der Waals surface area (Å²) < 4.78 is 0. The van der Waals surface area contributed by atoms with Gasteiger partial charge < -0.3 is 10.6 Å². The molecule has 1 saturated heterocycles. The van der Waals surface area contributed by atoms with E-state index in [0.29, 0.717) is 0 Å². The molecular formula is C12H26N2. The first-order chi connectivity index (χ1) is 6.70. The zero-order valence-electron chi connectivity index (χ0n) is 9.97. The zero-order valence-corrected chi connectivity index (χ0v) is 9.97. The van der Waals surface area contributed by atoms with Gasteiger partial charge in [-0.25, -0.2) is 0 Å². The predicted molar refractivity (Wildman–Crippen MR) is 62.5 cm³/mol. The molecule has 1 rings (SSSR count). The largest absolute Gasteiger partial charge is 0.316 e. The predicted octanol–water partition coefficient (Wildman–Crippen LogP) is 2.01. The summed E-state index contributed by atoms with van der Waals surface area (Å²) in [6, 6.07) is 0.789. The maximum Gasteiger partial charge on any atom is 0.00796 e. The third-order valence-corrected chi connectivity index (χ3v) is 3.44. The molecule has 2 atom stereocenters. The number of hydrogen-bond acceptors (Lipinski definition) is 2. The molecule has 2 N–H and O–H groups in total. The second-order valence-electron chi connectivity index (χ2n) is 5.01. The summed E-state index contributed by atoms with van der Waals surface area (Å²) in [6.45, 7) is 10.5. The highest BCUT2D eigenvalue weighted by atomic mass is 14.9. The van der Waals surface area contributed by atoms with Crippen LogP contribution in [0.4, 0.5) is 0 Å². The van der Waals surface area contributed by atoms with E-state index in [0.717, 1.165) is 17.9 Å². The third kappa shape index (κ3) is 4.43.